The maximum Gasteiger partial charge on any atom is 0.433 e. The van der Waals surface area contributed by atoms with Crippen LogP contribution in [-0.4, -0.2) is 12.3 Å². The van der Waals surface area contributed by atoms with Crippen LogP contribution in [0.15, 0.2) is 59.6 Å². The summed E-state index contributed by atoms with van der Waals surface area (Å²) < 4.78 is 5.04. The monoisotopic (exact) mass is 253 g/mol. The molecule has 0 N–H and O–H groups in total. The van der Waals surface area contributed by atoms with Gasteiger partial charge in [0, 0.05) is 6.21 Å². The van der Waals surface area contributed by atoms with Crippen LogP contribution in [0.4, 0.5) is 4.79 Å². The van der Waals surface area contributed by atoms with Crippen LogP contribution < -0.4 is 0 Å². The van der Waals surface area contributed by atoms with Gasteiger partial charge in [0.2, 0.25) is 0 Å². The van der Waals surface area contributed by atoms with Crippen molar-refractivity contribution in [1.82, 2.24) is 0 Å². The number of hydrogen-bond acceptors (Lipinski definition) is 2. The molecule has 1 amide bonds. The minimum Gasteiger partial charge on any atom is -0.443 e. The zero-order valence-electron chi connectivity index (χ0n) is 10.7. The van der Waals surface area contributed by atoms with Crippen LogP contribution in [-0.2, 0) is 11.3 Å². The van der Waals surface area contributed by atoms with E-state index in [9.17, 15) is 4.79 Å². The molecule has 0 aliphatic carbocycles. The summed E-state index contributed by atoms with van der Waals surface area (Å²) in [5.41, 5.74) is 2.96. The van der Waals surface area contributed by atoms with Crippen LogP contribution in [0, 0.1) is 6.92 Å². The third-order valence-electron chi connectivity index (χ3n) is 2.57. The lowest BCUT2D eigenvalue weighted by Crippen LogP contribution is -1.99. The molecule has 0 bridgehead atoms. The fourth-order valence-corrected chi connectivity index (χ4v) is 1.63. The smallest absolute Gasteiger partial charge is 0.433 e. The van der Waals surface area contributed by atoms with E-state index in [1.165, 1.54) is 6.21 Å². The van der Waals surface area contributed by atoms with Crippen molar-refractivity contribution < 1.29 is 9.53 Å². The molecular weight excluding hydrogens is 238 g/mol. The molecule has 3 nitrogen and oxygen atoms in total. The second-order valence-electron chi connectivity index (χ2n) is 4.21. The average molecular weight is 253 g/mol. The first-order valence-electron chi connectivity index (χ1n) is 6.05. The quantitative estimate of drug-likeness (QED) is 0.781. The van der Waals surface area contributed by atoms with E-state index in [1.807, 2.05) is 61.5 Å². The van der Waals surface area contributed by atoms with Crippen LogP contribution in [0.3, 0.4) is 0 Å². The predicted octanol–water partition coefficient (Wildman–Crippen LogP) is 3.75. The van der Waals surface area contributed by atoms with Gasteiger partial charge in [0.1, 0.15) is 6.61 Å². The Bertz CT molecular complexity index is 576. The normalized spacial score (nSPS) is 10.6. The lowest BCUT2D eigenvalue weighted by Gasteiger charge is -2.00. The van der Waals surface area contributed by atoms with E-state index in [1.54, 1.807) is 0 Å². The van der Waals surface area contributed by atoms with Gasteiger partial charge >= 0.3 is 6.09 Å². The summed E-state index contributed by atoms with van der Waals surface area (Å²) in [5.74, 6) is 0. The van der Waals surface area contributed by atoms with Gasteiger partial charge in [-0.25, -0.2) is 4.79 Å². The van der Waals surface area contributed by atoms with Crippen molar-refractivity contribution in [3.8, 4) is 0 Å². The summed E-state index contributed by atoms with van der Waals surface area (Å²) >= 11 is 0. The van der Waals surface area contributed by atoms with E-state index in [0.717, 1.165) is 16.7 Å². The Morgan fingerprint density at radius 2 is 1.95 bits per heavy atom. The standard InChI is InChI=1S/C16H15NO2/c1-13-6-5-9-15(10-13)11-17-16(18)19-12-14-7-3-2-4-8-14/h2-11H,12H2,1H3/b17-11+. The van der Waals surface area contributed by atoms with Crippen LogP contribution in [0.1, 0.15) is 16.7 Å². The lowest BCUT2D eigenvalue weighted by atomic mass is 10.2. The Morgan fingerprint density at radius 1 is 1.16 bits per heavy atom. The minimum atomic E-state index is -0.578. The van der Waals surface area contributed by atoms with Crippen LogP contribution in [0.2, 0.25) is 0 Å². The molecule has 19 heavy (non-hydrogen) atoms. The highest BCUT2D eigenvalue weighted by Gasteiger charge is 1.99. The van der Waals surface area contributed by atoms with E-state index in [0.29, 0.717) is 0 Å². The van der Waals surface area contributed by atoms with Gasteiger partial charge in [-0.2, -0.15) is 4.99 Å². The Morgan fingerprint density at radius 3 is 2.68 bits per heavy atom. The van der Waals surface area contributed by atoms with Gasteiger partial charge in [0.15, 0.2) is 0 Å². The summed E-state index contributed by atoms with van der Waals surface area (Å²) in [6, 6.07) is 17.3. The number of ether oxygens (including phenoxy) is 1. The highest BCUT2D eigenvalue weighted by atomic mass is 16.5. The average Bonchev–Trinajstić information content (AvgIpc) is 2.44. The highest BCUT2D eigenvalue weighted by molar-refractivity contribution is 5.88. The Hall–Kier alpha value is -2.42. The fourth-order valence-electron chi connectivity index (χ4n) is 1.63. The van der Waals surface area contributed by atoms with Gasteiger partial charge in [-0.1, -0.05) is 60.2 Å². The number of aryl methyl sites for hydroxylation is 1. The molecule has 2 aromatic rings. The predicted molar refractivity (Wildman–Crippen MR) is 75.4 cm³/mol. The maximum atomic E-state index is 11.5. The third kappa shape index (κ3) is 4.39. The molecule has 0 aromatic heterocycles. The molecular formula is C16H15NO2. The maximum absolute atomic E-state index is 11.5. The minimum absolute atomic E-state index is 0.241. The van der Waals surface area contributed by atoms with Crippen molar-refractivity contribution in [2.24, 2.45) is 4.99 Å². The van der Waals surface area contributed by atoms with Gasteiger partial charge in [0.05, 0.1) is 0 Å². The van der Waals surface area contributed by atoms with Crippen molar-refractivity contribution in [1.29, 1.82) is 0 Å². The van der Waals surface area contributed by atoms with Gasteiger partial charge < -0.3 is 4.74 Å². The molecule has 96 valence electrons. The van der Waals surface area contributed by atoms with Crippen molar-refractivity contribution >= 4 is 12.3 Å². The van der Waals surface area contributed by atoms with Gasteiger partial charge in [-0.15, -0.1) is 0 Å². The Kier molecular flexibility index (Phi) is 4.45. The van der Waals surface area contributed by atoms with Gasteiger partial charge in [0.25, 0.3) is 0 Å². The number of carbonyl (C=O) groups excluding carboxylic acids is 1. The summed E-state index contributed by atoms with van der Waals surface area (Å²) in [4.78, 5) is 15.2. The molecule has 0 heterocycles. The van der Waals surface area contributed by atoms with Crippen molar-refractivity contribution in [2.45, 2.75) is 13.5 Å². The number of carbonyl (C=O) groups is 1. The number of amides is 1. The number of aliphatic imine (C=N–C) groups is 1. The van der Waals surface area contributed by atoms with E-state index in [4.69, 9.17) is 4.74 Å². The molecule has 0 aliphatic rings. The topological polar surface area (TPSA) is 38.7 Å². The molecule has 0 spiro atoms. The molecule has 0 aliphatic heterocycles. The van der Waals surface area contributed by atoms with Gasteiger partial charge in [-0.05, 0) is 18.1 Å². The van der Waals surface area contributed by atoms with E-state index >= 15 is 0 Å². The summed E-state index contributed by atoms with van der Waals surface area (Å²) in [5, 5.41) is 0. The highest BCUT2D eigenvalue weighted by Crippen LogP contribution is 2.03. The molecule has 2 rings (SSSR count). The zero-order chi connectivity index (χ0) is 13.5. The SMILES string of the molecule is Cc1cccc(/C=N/C(=O)OCc2ccccc2)c1. The molecule has 0 atom stereocenters. The Balaban J connectivity index is 1.88. The first-order valence-corrected chi connectivity index (χ1v) is 6.05. The fraction of sp³-hybridized carbons (Fsp3) is 0.125. The van der Waals surface area contributed by atoms with E-state index in [-0.39, 0.29) is 6.61 Å². The molecule has 3 heteroatoms. The van der Waals surface area contributed by atoms with E-state index < -0.39 is 6.09 Å². The van der Waals surface area contributed by atoms with Gasteiger partial charge in [-0.3, -0.25) is 0 Å². The first-order chi connectivity index (χ1) is 9.24. The largest absolute Gasteiger partial charge is 0.443 e. The summed E-state index contributed by atoms with van der Waals surface area (Å²) in [7, 11) is 0. The number of hydrogen-bond donors (Lipinski definition) is 0. The van der Waals surface area contributed by atoms with E-state index in [2.05, 4.69) is 4.99 Å². The van der Waals surface area contributed by atoms with Crippen LogP contribution >= 0.6 is 0 Å². The van der Waals surface area contributed by atoms with Crippen molar-refractivity contribution in [3.63, 3.8) is 0 Å². The Labute approximate surface area is 112 Å². The van der Waals surface area contributed by atoms with Crippen LogP contribution in [0.25, 0.3) is 0 Å². The summed E-state index contributed by atoms with van der Waals surface area (Å²) in [6.45, 7) is 2.23. The number of rotatable bonds is 3. The molecule has 0 saturated heterocycles. The van der Waals surface area contributed by atoms with Crippen molar-refractivity contribution in [2.75, 3.05) is 0 Å². The number of benzene rings is 2. The second kappa shape index (κ2) is 6.50. The number of nitrogens with zero attached hydrogens (tertiary/aromatic N) is 1. The third-order valence-corrected chi connectivity index (χ3v) is 2.57. The zero-order valence-corrected chi connectivity index (χ0v) is 10.7. The lowest BCUT2D eigenvalue weighted by molar-refractivity contribution is 0.151. The second-order valence-corrected chi connectivity index (χ2v) is 4.21. The molecule has 2 aromatic carbocycles. The molecule has 0 saturated carbocycles. The molecule has 0 unspecified atom stereocenters. The van der Waals surface area contributed by atoms with Crippen molar-refractivity contribution in [3.05, 3.63) is 71.3 Å². The van der Waals surface area contributed by atoms with Crippen LogP contribution in [0.5, 0.6) is 0 Å². The molecule has 0 radical (unpaired) electrons. The summed E-state index contributed by atoms with van der Waals surface area (Å²) in [6.07, 6.45) is 0.936. The molecule has 0 fully saturated rings. The first kappa shape index (κ1) is 13.0.